The van der Waals surface area contributed by atoms with Crippen molar-refractivity contribution < 1.29 is 4.74 Å². The first kappa shape index (κ1) is 11.0. The van der Waals surface area contributed by atoms with Crippen LogP contribution in [0.25, 0.3) is 0 Å². The summed E-state index contributed by atoms with van der Waals surface area (Å²) in [7, 11) is 0. The minimum atomic E-state index is 0.163. The van der Waals surface area contributed by atoms with Gasteiger partial charge in [0.1, 0.15) is 10.7 Å². The van der Waals surface area contributed by atoms with Gasteiger partial charge in [-0.3, -0.25) is 0 Å². The third kappa shape index (κ3) is 3.00. The van der Waals surface area contributed by atoms with Crippen LogP contribution in [-0.4, -0.2) is 11.1 Å². The van der Waals surface area contributed by atoms with E-state index in [2.05, 4.69) is 0 Å². The maximum Gasteiger partial charge on any atom is 0.120 e. The van der Waals surface area contributed by atoms with Gasteiger partial charge in [-0.1, -0.05) is 12.2 Å². The normalized spacial score (nSPS) is 10.3. The van der Waals surface area contributed by atoms with E-state index in [9.17, 15) is 0 Å². The van der Waals surface area contributed by atoms with Crippen molar-refractivity contribution in [2.45, 2.75) is 26.9 Å². The lowest BCUT2D eigenvalue weighted by Crippen LogP contribution is -2.11. The van der Waals surface area contributed by atoms with Crippen LogP contribution in [0.3, 0.4) is 0 Å². The molecule has 1 aromatic carbocycles. The summed E-state index contributed by atoms with van der Waals surface area (Å²) >= 11 is 4.92. The van der Waals surface area contributed by atoms with Crippen LogP contribution in [0.5, 0.6) is 5.75 Å². The van der Waals surface area contributed by atoms with E-state index in [1.165, 1.54) is 0 Å². The molecule has 0 aromatic heterocycles. The Bertz CT molecular complexity index is 347. The fourth-order valence-electron chi connectivity index (χ4n) is 1.23. The number of hydrogen-bond acceptors (Lipinski definition) is 2. The molecule has 0 amide bonds. The maximum atomic E-state index is 5.57. The van der Waals surface area contributed by atoms with Gasteiger partial charge in [0.25, 0.3) is 0 Å². The van der Waals surface area contributed by atoms with Crippen LogP contribution < -0.4 is 10.5 Å². The first-order valence-corrected chi connectivity index (χ1v) is 4.98. The van der Waals surface area contributed by atoms with Crippen LogP contribution in [0, 0.1) is 6.92 Å². The van der Waals surface area contributed by atoms with E-state index in [0.29, 0.717) is 4.99 Å². The van der Waals surface area contributed by atoms with Gasteiger partial charge in [-0.25, -0.2) is 0 Å². The van der Waals surface area contributed by atoms with Crippen LogP contribution in [0.15, 0.2) is 18.2 Å². The summed E-state index contributed by atoms with van der Waals surface area (Å²) in [6, 6.07) is 5.80. The quantitative estimate of drug-likeness (QED) is 0.776. The molecule has 0 unspecified atom stereocenters. The zero-order valence-electron chi connectivity index (χ0n) is 8.70. The minimum Gasteiger partial charge on any atom is -0.491 e. The van der Waals surface area contributed by atoms with Gasteiger partial charge in [0.15, 0.2) is 0 Å². The first-order valence-electron chi connectivity index (χ1n) is 4.57. The maximum absolute atomic E-state index is 5.57. The molecule has 0 fully saturated rings. The summed E-state index contributed by atoms with van der Waals surface area (Å²) in [4.78, 5) is 0.405. The average Bonchev–Trinajstić information content (AvgIpc) is 2.01. The van der Waals surface area contributed by atoms with E-state index in [-0.39, 0.29) is 6.10 Å². The zero-order valence-corrected chi connectivity index (χ0v) is 9.52. The second kappa shape index (κ2) is 4.42. The van der Waals surface area contributed by atoms with Gasteiger partial charge in [0.2, 0.25) is 0 Å². The highest BCUT2D eigenvalue weighted by Crippen LogP contribution is 2.18. The fraction of sp³-hybridized carbons (Fsp3) is 0.364. The van der Waals surface area contributed by atoms with Gasteiger partial charge >= 0.3 is 0 Å². The molecule has 0 heterocycles. The number of hydrogen-bond donors (Lipinski definition) is 1. The molecule has 1 rings (SSSR count). The molecule has 14 heavy (non-hydrogen) atoms. The molecule has 0 radical (unpaired) electrons. The Morgan fingerprint density at radius 2 is 2.00 bits per heavy atom. The minimum absolute atomic E-state index is 0.163. The number of aryl methyl sites for hydroxylation is 1. The highest BCUT2D eigenvalue weighted by Gasteiger charge is 2.03. The van der Waals surface area contributed by atoms with E-state index < -0.39 is 0 Å². The molecule has 0 spiro atoms. The van der Waals surface area contributed by atoms with Crippen molar-refractivity contribution in [3.8, 4) is 5.75 Å². The summed E-state index contributed by atoms with van der Waals surface area (Å²) in [5.41, 5.74) is 7.52. The molecule has 2 nitrogen and oxygen atoms in total. The van der Waals surface area contributed by atoms with Crippen molar-refractivity contribution in [1.82, 2.24) is 0 Å². The van der Waals surface area contributed by atoms with Crippen molar-refractivity contribution in [3.63, 3.8) is 0 Å². The largest absolute Gasteiger partial charge is 0.491 e. The Balaban J connectivity index is 3.01. The Kier molecular flexibility index (Phi) is 3.47. The number of benzene rings is 1. The molecular weight excluding hydrogens is 194 g/mol. The number of thiocarbonyl (C=S) groups is 1. The topological polar surface area (TPSA) is 35.2 Å². The lowest BCUT2D eigenvalue weighted by atomic mass is 10.1. The van der Waals surface area contributed by atoms with E-state index in [4.69, 9.17) is 22.7 Å². The second-order valence-electron chi connectivity index (χ2n) is 3.57. The highest BCUT2D eigenvalue weighted by molar-refractivity contribution is 7.80. The summed E-state index contributed by atoms with van der Waals surface area (Å²) < 4.78 is 5.57. The monoisotopic (exact) mass is 209 g/mol. The number of ether oxygens (including phenoxy) is 1. The number of rotatable bonds is 3. The van der Waals surface area contributed by atoms with E-state index in [1.807, 2.05) is 39.0 Å². The summed E-state index contributed by atoms with van der Waals surface area (Å²) in [6.07, 6.45) is 0.163. The molecule has 0 atom stereocenters. The van der Waals surface area contributed by atoms with Crippen molar-refractivity contribution >= 4 is 17.2 Å². The molecule has 0 aliphatic rings. The van der Waals surface area contributed by atoms with E-state index in [1.54, 1.807) is 0 Å². The molecule has 3 heteroatoms. The summed E-state index contributed by atoms with van der Waals surface area (Å²) in [5, 5.41) is 0. The van der Waals surface area contributed by atoms with Gasteiger partial charge in [0, 0.05) is 5.56 Å². The van der Waals surface area contributed by atoms with Crippen molar-refractivity contribution in [1.29, 1.82) is 0 Å². The Hall–Kier alpha value is -1.09. The van der Waals surface area contributed by atoms with Gasteiger partial charge in [-0.15, -0.1) is 0 Å². The van der Waals surface area contributed by atoms with Crippen LogP contribution in [0.2, 0.25) is 0 Å². The molecular formula is C11H15NOS. The predicted octanol–water partition coefficient (Wildman–Crippen LogP) is 2.42. The number of nitrogens with two attached hydrogens (primary N) is 1. The Morgan fingerprint density at radius 3 is 2.50 bits per heavy atom. The summed E-state index contributed by atoms with van der Waals surface area (Å²) in [6.45, 7) is 5.97. The van der Waals surface area contributed by atoms with Crippen LogP contribution in [0.1, 0.15) is 25.0 Å². The summed E-state index contributed by atoms with van der Waals surface area (Å²) in [5.74, 6) is 0.822. The SMILES string of the molecule is Cc1cc(OC(C)C)cc(C(N)=S)c1. The first-order chi connectivity index (χ1) is 6.49. The molecule has 0 saturated heterocycles. The molecule has 0 saturated carbocycles. The molecule has 0 aliphatic heterocycles. The predicted molar refractivity (Wildman–Crippen MR) is 62.8 cm³/mol. The third-order valence-corrected chi connectivity index (χ3v) is 1.94. The molecule has 2 N–H and O–H groups in total. The van der Waals surface area contributed by atoms with Crippen LogP contribution in [-0.2, 0) is 0 Å². The van der Waals surface area contributed by atoms with Gasteiger partial charge in [-0.2, -0.15) is 0 Å². The third-order valence-electron chi connectivity index (χ3n) is 1.71. The Labute approximate surface area is 90.1 Å². The fourth-order valence-corrected chi connectivity index (χ4v) is 1.35. The molecule has 1 aromatic rings. The Morgan fingerprint density at radius 1 is 1.36 bits per heavy atom. The van der Waals surface area contributed by atoms with Crippen molar-refractivity contribution in [3.05, 3.63) is 29.3 Å². The lowest BCUT2D eigenvalue weighted by molar-refractivity contribution is 0.242. The smallest absolute Gasteiger partial charge is 0.120 e. The van der Waals surface area contributed by atoms with Gasteiger partial charge in [0.05, 0.1) is 6.10 Å². The molecule has 76 valence electrons. The second-order valence-corrected chi connectivity index (χ2v) is 4.01. The standard InChI is InChI=1S/C11H15NOS/c1-7(2)13-10-5-8(3)4-9(6-10)11(12)14/h4-7H,1-3H3,(H2,12,14). The van der Waals surface area contributed by atoms with Crippen molar-refractivity contribution in [2.75, 3.05) is 0 Å². The highest BCUT2D eigenvalue weighted by atomic mass is 32.1. The molecule has 0 aliphatic carbocycles. The lowest BCUT2D eigenvalue weighted by Gasteiger charge is -2.11. The molecule has 0 bridgehead atoms. The van der Waals surface area contributed by atoms with Crippen LogP contribution in [0.4, 0.5) is 0 Å². The van der Waals surface area contributed by atoms with E-state index >= 15 is 0 Å². The average molecular weight is 209 g/mol. The van der Waals surface area contributed by atoms with E-state index in [0.717, 1.165) is 16.9 Å². The zero-order chi connectivity index (χ0) is 10.7. The van der Waals surface area contributed by atoms with Gasteiger partial charge in [-0.05, 0) is 44.5 Å². The van der Waals surface area contributed by atoms with Gasteiger partial charge < -0.3 is 10.5 Å². The van der Waals surface area contributed by atoms with Crippen LogP contribution >= 0.6 is 12.2 Å². The van der Waals surface area contributed by atoms with Crippen molar-refractivity contribution in [2.24, 2.45) is 5.73 Å².